The Labute approximate surface area is 317 Å². The quantitative estimate of drug-likeness (QED) is 0.179. The van der Waals surface area contributed by atoms with E-state index in [2.05, 4.69) is 147 Å². The van der Waals surface area contributed by atoms with Gasteiger partial charge in [0.15, 0.2) is 0 Å². The maximum atomic E-state index is 13.1. The van der Waals surface area contributed by atoms with Crippen molar-refractivity contribution in [1.82, 2.24) is 0 Å². The summed E-state index contributed by atoms with van der Waals surface area (Å²) in [5.74, 6) is 0. The monoisotopic (exact) mass is 724 g/mol. The third-order valence-electron chi connectivity index (χ3n) is 11.0. The Morgan fingerprint density at radius 2 is 0.833 bits per heavy atom. The van der Waals surface area contributed by atoms with E-state index in [4.69, 9.17) is 0 Å². The van der Waals surface area contributed by atoms with Crippen LogP contribution in [0.15, 0.2) is 115 Å². The van der Waals surface area contributed by atoms with E-state index in [1.807, 2.05) is 25.7 Å². The number of benzene rings is 6. The Balaban J connectivity index is 0.000000171. The fourth-order valence-corrected chi connectivity index (χ4v) is 7.84. The van der Waals surface area contributed by atoms with E-state index >= 15 is 0 Å². The predicted molar refractivity (Wildman–Crippen MR) is 222 cm³/mol. The molecule has 4 nitrogen and oxygen atoms in total. The Kier molecular flexibility index (Phi) is 9.69. The highest BCUT2D eigenvalue weighted by Crippen LogP contribution is 2.51. The Morgan fingerprint density at radius 1 is 0.426 bits per heavy atom. The number of alkyl halides is 3. The van der Waals surface area contributed by atoms with Gasteiger partial charge in [0.05, 0.1) is 51.1 Å². The number of anilines is 8. The highest BCUT2D eigenvalue weighted by atomic mass is 19.4. The van der Waals surface area contributed by atoms with Gasteiger partial charge in [-0.2, -0.15) is 13.2 Å². The minimum Gasteiger partial charge on any atom is -0.341 e. The van der Waals surface area contributed by atoms with Gasteiger partial charge in [0.1, 0.15) is 0 Å². The molecule has 0 unspecified atom stereocenters. The molecule has 0 N–H and O–H groups in total. The molecule has 6 aromatic carbocycles. The topological polar surface area (TPSA) is 13.0 Å². The van der Waals surface area contributed by atoms with Crippen LogP contribution < -0.4 is 19.6 Å². The van der Waals surface area contributed by atoms with Crippen LogP contribution in [0.2, 0.25) is 0 Å². The first-order valence-electron chi connectivity index (χ1n) is 18.6. The molecular formula is C47H47F3N4. The minimum absolute atomic E-state index is 0.608. The summed E-state index contributed by atoms with van der Waals surface area (Å²) in [6.45, 7) is 13.7. The normalized spacial score (nSPS) is 13.1. The molecule has 2 aliphatic rings. The molecule has 6 aromatic rings. The second-order valence-corrected chi connectivity index (χ2v) is 14.3. The van der Waals surface area contributed by atoms with Crippen molar-refractivity contribution < 1.29 is 13.2 Å². The summed E-state index contributed by atoms with van der Waals surface area (Å²) >= 11 is 0. The van der Waals surface area contributed by atoms with E-state index in [1.54, 1.807) is 6.07 Å². The molecule has 0 saturated carbocycles. The molecule has 0 fully saturated rings. The van der Waals surface area contributed by atoms with Crippen LogP contribution in [0, 0.1) is 27.7 Å². The lowest BCUT2D eigenvalue weighted by Gasteiger charge is -2.40. The molecule has 0 bridgehead atoms. The molecule has 7 heteroatoms. The zero-order chi connectivity index (χ0) is 38.5. The van der Waals surface area contributed by atoms with Crippen LogP contribution in [0.5, 0.6) is 0 Å². The summed E-state index contributed by atoms with van der Waals surface area (Å²) in [7, 11) is 4.33. The largest absolute Gasteiger partial charge is 0.416 e. The molecule has 8 rings (SSSR count). The van der Waals surface area contributed by atoms with Crippen LogP contribution in [0.1, 0.15) is 41.7 Å². The van der Waals surface area contributed by atoms with Crippen LogP contribution in [-0.4, -0.2) is 27.2 Å². The third kappa shape index (κ3) is 6.46. The number of hydrogen-bond acceptors (Lipinski definition) is 4. The Morgan fingerprint density at radius 3 is 1.26 bits per heavy atom. The lowest BCUT2D eigenvalue weighted by molar-refractivity contribution is -0.137. The first-order valence-corrected chi connectivity index (χ1v) is 18.6. The fraction of sp³-hybridized carbons (Fsp3) is 0.234. The van der Waals surface area contributed by atoms with Gasteiger partial charge < -0.3 is 19.6 Å². The molecule has 0 atom stereocenters. The standard InChI is InChI=1S/C28H26N2.C19H21F3N2/c1-19-9-5-7-11-23(19)21-13-15-25-27(17-21)29(3)26-16-14-22(18-28(26)30(25)4)24-12-8-6-10-20(24)2;1-5-23-15-8-7-14(19(20,21)22)11-18(15)24(6-2)17-10-13(4)12(3)9-16(17)23/h5-18H,1-4H3;7-11H,5-6H2,1-4H3. The number of rotatable bonds is 4. The third-order valence-corrected chi connectivity index (χ3v) is 11.0. The highest BCUT2D eigenvalue weighted by Gasteiger charge is 2.34. The van der Waals surface area contributed by atoms with Gasteiger partial charge in [-0.05, 0) is 141 Å². The van der Waals surface area contributed by atoms with Crippen molar-refractivity contribution in [2.75, 3.05) is 46.8 Å². The van der Waals surface area contributed by atoms with E-state index in [0.717, 1.165) is 22.6 Å². The SMILES string of the molecule is CCN1c2ccc(C(F)(F)F)cc2N(CC)c2cc(C)c(C)cc21.Cc1ccccc1-c1ccc2c(c1)N(C)c1ccc(-c3ccccc3C)cc1N2C. The van der Waals surface area contributed by atoms with Gasteiger partial charge in [-0.3, -0.25) is 0 Å². The van der Waals surface area contributed by atoms with Crippen LogP contribution in [-0.2, 0) is 6.18 Å². The second-order valence-electron chi connectivity index (χ2n) is 14.3. The molecule has 54 heavy (non-hydrogen) atoms. The van der Waals surface area contributed by atoms with Crippen molar-refractivity contribution in [3.05, 3.63) is 143 Å². The molecule has 0 aliphatic carbocycles. The first kappa shape index (κ1) is 36.7. The van der Waals surface area contributed by atoms with Crippen molar-refractivity contribution >= 4 is 45.5 Å². The predicted octanol–water partition coefficient (Wildman–Crippen LogP) is 13.4. The van der Waals surface area contributed by atoms with E-state index in [-0.39, 0.29) is 0 Å². The summed E-state index contributed by atoms with van der Waals surface area (Å²) in [6, 6.07) is 39.0. The van der Waals surface area contributed by atoms with Crippen LogP contribution in [0.4, 0.5) is 58.7 Å². The zero-order valence-electron chi connectivity index (χ0n) is 32.3. The van der Waals surface area contributed by atoms with Crippen molar-refractivity contribution in [2.45, 2.75) is 47.7 Å². The summed E-state index contributed by atoms with van der Waals surface area (Å²) in [5, 5.41) is 0. The lowest BCUT2D eigenvalue weighted by atomic mass is 9.96. The number of hydrogen-bond donors (Lipinski definition) is 0. The van der Waals surface area contributed by atoms with E-state index in [9.17, 15) is 13.2 Å². The summed E-state index contributed by atoms with van der Waals surface area (Å²) in [5.41, 5.74) is 17.8. The van der Waals surface area contributed by atoms with Gasteiger partial charge >= 0.3 is 6.18 Å². The van der Waals surface area contributed by atoms with Gasteiger partial charge in [0.25, 0.3) is 0 Å². The average Bonchev–Trinajstić information content (AvgIpc) is 3.16. The minimum atomic E-state index is -4.34. The van der Waals surface area contributed by atoms with Crippen molar-refractivity contribution in [3.8, 4) is 22.3 Å². The second kappa shape index (κ2) is 14.3. The fourth-order valence-electron chi connectivity index (χ4n) is 7.84. The average molecular weight is 725 g/mol. The van der Waals surface area contributed by atoms with Crippen LogP contribution in [0.3, 0.4) is 0 Å². The van der Waals surface area contributed by atoms with Crippen LogP contribution >= 0.6 is 0 Å². The number of fused-ring (bicyclic) bond motifs is 4. The van der Waals surface area contributed by atoms with E-state index in [0.29, 0.717) is 18.8 Å². The summed E-state index contributed by atoms with van der Waals surface area (Å²) in [6.07, 6.45) is -4.34. The van der Waals surface area contributed by atoms with Gasteiger partial charge in [-0.25, -0.2) is 0 Å². The molecule has 0 spiro atoms. The van der Waals surface area contributed by atoms with E-state index in [1.165, 1.54) is 73.8 Å². The van der Waals surface area contributed by atoms with Crippen LogP contribution in [0.25, 0.3) is 22.3 Å². The molecule has 0 amide bonds. The molecule has 0 radical (unpaired) electrons. The van der Waals surface area contributed by atoms with Crippen molar-refractivity contribution in [2.24, 2.45) is 0 Å². The van der Waals surface area contributed by atoms with Crippen molar-refractivity contribution in [3.63, 3.8) is 0 Å². The highest BCUT2D eigenvalue weighted by molar-refractivity contribution is 5.97. The molecule has 2 heterocycles. The van der Waals surface area contributed by atoms with Crippen molar-refractivity contribution in [1.29, 1.82) is 0 Å². The molecule has 0 saturated heterocycles. The Hall–Kier alpha value is -5.69. The molecular weight excluding hydrogens is 678 g/mol. The Bertz CT molecular complexity index is 2260. The molecule has 2 aliphatic heterocycles. The van der Waals surface area contributed by atoms with Gasteiger partial charge in [-0.15, -0.1) is 0 Å². The van der Waals surface area contributed by atoms with Gasteiger partial charge in [-0.1, -0.05) is 60.7 Å². The number of nitrogens with zero attached hydrogens (tertiary/aromatic N) is 4. The lowest BCUT2D eigenvalue weighted by Crippen LogP contribution is -2.30. The van der Waals surface area contributed by atoms with Gasteiger partial charge in [0.2, 0.25) is 0 Å². The van der Waals surface area contributed by atoms with E-state index < -0.39 is 11.7 Å². The smallest absolute Gasteiger partial charge is 0.341 e. The molecule has 276 valence electrons. The number of aryl methyl sites for hydroxylation is 4. The zero-order valence-corrected chi connectivity index (χ0v) is 32.3. The maximum absolute atomic E-state index is 13.1. The molecule has 0 aromatic heterocycles. The maximum Gasteiger partial charge on any atom is 0.416 e. The summed E-state index contributed by atoms with van der Waals surface area (Å²) in [4.78, 5) is 8.68. The number of halogens is 3. The van der Waals surface area contributed by atoms with Gasteiger partial charge in [0, 0.05) is 27.2 Å². The summed E-state index contributed by atoms with van der Waals surface area (Å²) < 4.78 is 39.4. The first-order chi connectivity index (χ1) is 25.8.